The Morgan fingerprint density at radius 1 is 1.17 bits per heavy atom. The predicted octanol–water partition coefficient (Wildman–Crippen LogP) is 1.29. The average Bonchev–Trinajstić information content (AvgIpc) is 2.63. The van der Waals surface area contributed by atoms with Crippen molar-refractivity contribution in [3.63, 3.8) is 0 Å². The molecule has 1 amide bonds. The minimum absolute atomic E-state index is 0.0165. The van der Waals surface area contributed by atoms with Crippen LogP contribution in [0.2, 0.25) is 0 Å². The SMILES string of the molecule is CCCCCCOc1ccc(C(=O)NCC[NH+]2CCOCC2)cc1. The molecule has 0 spiro atoms. The van der Waals surface area contributed by atoms with Gasteiger partial charge in [0.05, 0.1) is 32.9 Å². The molecule has 0 aromatic heterocycles. The van der Waals surface area contributed by atoms with E-state index < -0.39 is 0 Å². The highest BCUT2D eigenvalue weighted by atomic mass is 16.5. The van der Waals surface area contributed by atoms with Crippen molar-refractivity contribution >= 4 is 5.91 Å². The summed E-state index contributed by atoms with van der Waals surface area (Å²) < 4.78 is 11.0. The summed E-state index contributed by atoms with van der Waals surface area (Å²) in [6, 6.07) is 7.42. The molecule has 2 N–H and O–H groups in total. The summed E-state index contributed by atoms with van der Waals surface area (Å²) in [4.78, 5) is 13.6. The molecular formula is C19H31N2O3+. The molecule has 5 heteroatoms. The van der Waals surface area contributed by atoms with Crippen LogP contribution in [0.15, 0.2) is 24.3 Å². The molecule has 0 radical (unpaired) electrons. The lowest BCUT2D eigenvalue weighted by atomic mass is 10.2. The predicted molar refractivity (Wildman–Crippen MR) is 94.8 cm³/mol. The minimum Gasteiger partial charge on any atom is -0.494 e. The first-order valence-corrected chi connectivity index (χ1v) is 9.22. The molecule has 0 atom stereocenters. The number of morpholine rings is 1. The topological polar surface area (TPSA) is 52.0 Å². The molecule has 0 aliphatic carbocycles. The Balaban J connectivity index is 1.64. The second-order valence-electron chi connectivity index (χ2n) is 6.30. The van der Waals surface area contributed by atoms with Crippen LogP contribution in [0.1, 0.15) is 43.0 Å². The highest BCUT2D eigenvalue weighted by Crippen LogP contribution is 2.13. The molecule has 1 heterocycles. The summed E-state index contributed by atoms with van der Waals surface area (Å²) >= 11 is 0. The molecule has 2 rings (SSSR count). The normalized spacial score (nSPS) is 15.2. The minimum atomic E-state index is -0.0165. The van der Waals surface area contributed by atoms with E-state index in [0.29, 0.717) is 12.1 Å². The number of amides is 1. The number of carbonyl (C=O) groups is 1. The Morgan fingerprint density at radius 2 is 1.92 bits per heavy atom. The summed E-state index contributed by atoms with van der Waals surface area (Å²) in [5.41, 5.74) is 0.685. The zero-order chi connectivity index (χ0) is 17.0. The van der Waals surface area contributed by atoms with Gasteiger partial charge in [-0.25, -0.2) is 0 Å². The second-order valence-corrected chi connectivity index (χ2v) is 6.30. The second kappa shape index (κ2) is 11.0. The molecule has 1 saturated heterocycles. The first kappa shape index (κ1) is 18.7. The van der Waals surface area contributed by atoms with Crippen LogP contribution in [0.25, 0.3) is 0 Å². The van der Waals surface area contributed by atoms with Crippen molar-refractivity contribution in [1.82, 2.24) is 5.32 Å². The highest BCUT2D eigenvalue weighted by Gasteiger charge is 2.13. The van der Waals surface area contributed by atoms with Gasteiger partial charge in [-0.1, -0.05) is 26.2 Å². The van der Waals surface area contributed by atoms with Gasteiger partial charge in [0.25, 0.3) is 5.91 Å². The van der Waals surface area contributed by atoms with E-state index in [9.17, 15) is 4.79 Å². The van der Waals surface area contributed by atoms with E-state index in [1.54, 1.807) is 0 Å². The number of rotatable bonds is 10. The van der Waals surface area contributed by atoms with E-state index in [2.05, 4.69) is 12.2 Å². The van der Waals surface area contributed by atoms with Crippen molar-refractivity contribution in [1.29, 1.82) is 0 Å². The number of nitrogens with one attached hydrogen (secondary N) is 2. The Labute approximate surface area is 145 Å². The van der Waals surface area contributed by atoms with E-state index in [4.69, 9.17) is 9.47 Å². The molecule has 1 aliphatic rings. The molecule has 5 nitrogen and oxygen atoms in total. The summed E-state index contributed by atoms with van der Waals surface area (Å²) in [5, 5.41) is 2.99. The van der Waals surface area contributed by atoms with Crippen molar-refractivity contribution in [3.05, 3.63) is 29.8 Å². The van der Waals surface area contributed by atoms with Gasteiger partial charge >= 0.3 is 0 Å². The van der Waals surface area contributed by atoms with Gasteiger partial charge in [-0.2, -0.15) is 0 Å². The number of carbonyl (C=O) groups excluding carboxylic acids is 1. The zero-order valence-corrected chi connectivity index (χ0v) is 14.8. The molecule has 1 aliphatic heterocycles. The number of hydrogen-bond donors (Lipinski definition) is 2. The maximum atomic E-state index is 12.1. The summed E-state index contributed by atoms with van der Waals surface area (Å²) in [7, 11) is 0. The van der Waals surface area contributed by atoms with Gasteiger partial charge in [-0.3, -0.25) is 4.79 Å². The number of hydrogen-bond acceptors (Lipinski definition) is 3. The number of ether oxygens (including phenoxy) is 2. The van der Waals surface area contributed by atoms with Crippen LogP contribution in [0, 0.1) is 0 Å². The van der Waals surface area contributed by atoms with Crippen molar-refractivity contribution < 1.29 is 19.2 Å². The molecule has 0 unspecified atom stereocenters. The number of quaternary nitrogens is 1. The molecule has 0 bridgehead atoms. The number of benzene rings is 1. The van der Waals surface area contributed by atoms with E-state index in [1.807, 2.05) is 24.3 Å². The molecule has 0 saturated carbocycles. The zero-order valence-electron chi connectivity index (χ0n) is 14.8. The smallest absolute Gasteiger partial charge is 0.251 e. The summed E-state index contributed by atoms with van der Waals surface area (Å²) in [6.45, 7) is 8.30. The lowest BCUT2D eigenvalue weighted by Gasteiger charge is -2.23. The molecular weight excluding hydrogens is 304 g/mol. The Kier molecular flexibility index (Phi) is 8.63. The fourth-order valence-corrected chi connectivity index (χ4v) is 2.79. The Hall–Kier alpha value is -1.59. The van der Waals surface area contributed by atoms with Crippen molar-refractivity contribution in [2.45, 2.75) is 32.6 Å². The van der Waals surface area contributed by atoms with Gasteiger partial charge in [-0.15, -0.1) is 0 Å². The molecule has 134 valence electrons. The molecule has 1 aromatic carbocycles. The van der Waals surface area contributed by atoms with Gasteiger partial charge in [0.1, 0.15) is 18.8 Å². The monoisotopic (exact) mass is 335 g/mol. The quantitative estimate of drug-likeness (QED) is 0.634. The maximum Gasteiger partial charge on any atom is 0.251 e. The largest absolute Gasteiger partial charge is 0.494 e. The standard InChI is InChI=1S/C19H30N2O3/c1-2-3-4-5-14-24-18-8-6-17(7-9-18)19(22)20-10-11-21-12-15-23-16-13-21/h6-9H,2-5,10-16H2,1H3,(H,20,22)/p+1. The third-order valence-electron chi connectivity index (χ3n) is 4.35. The van der Waals surface area contributed by atoms with E-state index in [1.165, 1.54) is 24.2 Å². The lowest BCUT2D eigenvalue weighted by Crippen LogP contribution is -3.14. The Morgan fingerprint density at radius 3 is 2.62 bits per heavy atom. The summed E-state index contributed by atoms with van der Waals surface area (Å²) in [5.74, 6) is 0.818. The molecule has 1 aromatic rings. The maximum absolute atomic E-state index is 12.1. The van der Waals surface area contributed by atoms with Crippen molar-refractivity contribution in [3.8, 4) is 5.75 Å². The third-order valence-corrected chi connectivity index (χ3v) is 4.35. The molecule has 1 fully saturated rings. The third kappa shape index (κ3) is 6.89. The van der Waals surface area contributed by atoms with Gasteiger partial charge in [0.2, 0.25) is 0 Å². The van der Waals surface area contributed by atoms with Crippen molar-refractivity contribution in [2.24, 2.45) is 0 Å². The fraction of sp³-hybridized carbons (Fsp3) is 0.632. The van der Waals surface area contributed by atoms with E-state index in [-0.39, 0.29) is 5.91 Å². The number of unbranched alkanes of at least 4 members (excludes halogenated alkanes) is 3. The first-order valence-electron chi connectivity index (χ1n) is 9.22. The van der Waals surface area contributed by atoms with E-state index in [0.717, 1.165) is 51.6 Å². The van der Waals surface area contributed by atoms with Crippen LogP contribution in [0.4, 0.5) is 0 Å². The summed E-state index contributed by atoms with van der Waals surface area (Å²) in [6.07, 6.45) is 4.79. The van der Waals surface area contributed by atoms with Gasteiger partial charge < -0.3 is 19.7 Å². The van der Waals surface area contributed by atoms with E-state index >= 15 is 0 Å². The van der Waals surface area contributed by atoms with Crippen LogP contribution in [-0.4, -0.2) is 51.9 Å². The van der Waals surface area contributed by atoms with Crippen LogP contribution in [0.5, 0.6) is 5.75 Å². The first-order chi connectivity index (χ1) is 11.8. The van der Waals surface area contributed by atoms with Crippen LogP contribution >= 0.6 is 0 Å². The molecule has 24 heavy (non-hydrogen) atoms. The average molecular weight is 335 g/mol. The lowest BCUT2D eigenvalue weighted by molar-refractivity contribution is -0.906. The fourth-order valence-electron chi connectivity index (χ4n) is 2.79. The van der Waals surface area contributed by atoms with Crippen LogP contribution in [0.3, 0.4) is 0 Å². The highest BCUT2D eigenvalue weighted by molar-refractivity contribution is 5.94. The van der Waals surface area contributed by atoms with Gasteiger partial charge in [0, 0.05) is 5.56 Å². The van der Waals surface area contributed by atoms with Crippen molar-refractivity contribution in [2.75, 3.05) is 46.0 Å². The Bertz CT molecular complexity index is 470. The van der Waals surface area contributed by atoms with Crippen LogP contribution in [-0.2, 0) is 4.74 Å². The van der Waals surface area contributed by atoms with Gasteiger partial charge in [-0.05, 0) is 30.7 Å². The van der Waals surface area contributed by atoms with Crippen LogP contribution < -0.4 is 15.0 Å². The van der Waals surface area contributed by atoms with Gasteiger partial charge in [0.15, 0.2) is 0 Å².